The van der Waals surface area contributed by atoms with Crippen molar-refractivity contribution in [3.05, 3.63) is 71.5 Å². The molecule has 0 unspecified atom stereocenters. The third kappa shape index (κ3) is 4.46. The lowest BCUT2D eigenvalue weighted by Gasteiger charge is -2.06. The van der Waals surface area contributed by atoms with Crippen LogP contribution in [0.5, 0.6) is 0 Å². The van der Waals surface area contributed by atoms with Gasteiger partial charge >= 0.3 is 0 Å². The van der Waals surface area contributed by atoms with E-state index in [2.05, 4.69) is 0 Å². The first-order valence-electron chi connectivity index (χ1n) is 6.54. The van der Waals surface area contributed by atoms with Gasteiger partial charge in [-0.1, -0.05) is 48.5 Å². The van der Waals surface area contributed by atoms with Crippen LogP contribution in [-0.2, 0) is 22.0 Å². The minimum Gasteiger partial charge on any atom is -0.228 e. The molecule has 0 heterocycles. The van der Waals surface area contributed by atoms with E-state index in [0.717, 1.165) is 12.0 Å². The zero-order valence-corrected chi connectivity index (χ0v) is 11.9. The minimum absolute atomic E-state index is 0.0796. The number of aryl methyl sites for hydroxylation is 1. The molecular weight excluding hydrogens is 275 g/mol. The van der Waals surface area contributed by atoms with Crippen LogP contribution >= 0.6 is 0 Å². The maximum Gasteiger partial charge on any atom is 0.154 e. The summed E-state index contributed by atoms with van der Waals surface area (Å²) in [5, 5.41) is 0. The van der Waals surface area contributed by atoms with Crippen molar-refractivity contribution in [2.75, 3.05) is 5.75 Å². The Morgan fingerprint density at radius 1 is 0.900 bits per heavy atom. The fourth-order valence-corrected chi connectivity index (χ4v) is 3.50. The minimum atomic E-state index is -3.27. The van der Waals surface area contributed by atoms with Gasteiger partial charge in [0.05, 0.1) is 11.5 Å². The Kier molecular flexibility index (Phi) is 4.90. The van der Waals surface area contributed by atoms with Gasteiger partial charge in [0.15, 0.2) is 9.84 Å². The average Bonchev–Trinajstić information content (AvgIpc) is 2.42. The van der Waals surface area contributed by atoms with Crippen LogP contribution in [0.3, 0.4) is 0 Å². The molecule has 0 N–H and O–H groups in total. The first kappa shape index (κ1) is 14.7. The zero-order chi connectivity index (χ0) is 14.4. The van der Waals surface area contributed by atoms with Gasteiger partial charge in [-0.3, -0.25) is 0 Å². The van der Waals surface area contributed by atoms with E-state index < -0.39 is 15.7 Å². The lowest BCUT2D eigenvalue weighted by molar-refractivity contribution is 0.585. The molecule has 0 bridgehead atoms. The summed E-state index contributed by atoms with van der Waals surface area (Å²) in [5.74, 6) is -0.607. The van der Waals surface area contributed by atoms with Crippen molar-refractivity contribution in [3.8, 4) is 0 Å². The SMILES string of the molecule is O=S(=O)(CCCc1ccccc1)Cc1ccccc1F. The molecule has 0 amide bonds. The van der Waals surface area contributed by atoms with Gasteiger partial charge in [-0.05, 0) is 24.5 Å². The fraction of sp³-hybridized carbons (Fsp3) is 0.250. The number of rotatable bonds is 6. The van der Waals surface area contributed by atoms with Crippen molar-refractivity contribution in [2.24, 2.45) is 0 Å². The van der Waals surface area contributed by atoms with Crippen molar-refractivity contribution < 1.29 is 12.8 Å². The molecule has 106 valence electrons. The smallest absolute Gasteiger partial charge is 0.154 e. The number of halogens is 1. The lowest BCUT2D eigenvalue weighted by Crippen LogP contribution is -2.11. The molecule has 2 rings (SSSR count). The van der Waals surface area contributed by atoms with Gasteiger partial charge in [-0.15, -0.1) is 0 Å². The predicted octanol–water partition coefficient (Wildman–Crippen LogP) is 3.37. The van der Waals surface area contributed by atoms with Gasteiger partial charge in [-0.2, -0.15) is 0 Å². The van der Waals surface area contributed by atoms with Crippen molar-refractivity contribution in [1.29, 1.82) is 0 Å². The topological polar surface area (TPSA) is 34.1 Å². The lowest BCUT2D eigenvalue weighted by atomic mass is 10.1. The van der Waals surface area contributed by atoms with E-state index in [1.54, 1.807) is 12.1 Å². The predicted molar refractivity (Wildman–Crippen MR) is 78.7 cm³/mol. The summed E-state index contributed by atoms with van der Waals surface area (Å²) < 4.78 is 37.4. The summed E-state index contributed by atoms with van der Waals surface area (Å²) in [6.07, 6.45) is 1.28. The van der Waals surface area contributed by atoms with Gasteiger partial charge in [0.1, 0.15) is 5.82 Å². The standard InChI is InChI=1S/C16H17FO2S/c17-16-11-5-4-10-15(16)13-20(18,19)12-6-9-14-7-2-1-3-8-14/h1-5,7-8,10-11H,6,9,12-13H2. The van der Waals surface area contributed by atoms with Gasteiger partial charge in [0.25, 0.3) is 0 Å². The number of hydrogen-bond acceptors (Lipinski definition) is 2. The Labute approximate surface area is 119 Å². The van der Waals surface area contributed by atoms with E-state index in [9.17, 15) is 12.8 Å². The molecule has 0 radical (unpaired) electrons. The van der Waals surface area contributed by atoms with E-state index in [0.29, 0.717) is 6.42 Å². The Balaban J connectivity index is 1.90. The second-order valence-electron chi connectivity index (χ2n) is 4.77. The largest absolute Gasteiger partial charge is 0.228 e. The molecule has 0 saturated carbocycles. The maximum atomic E-state index is 13.4. The monoisotopic (exact) mass is 292 g/mol. The number of sulfone groups is 1. The average molecular weight is 292 g/mol. The van der Waals surface area contributed by atoms with Crippen LogP contribution in [0.2, 0.25) is 0 Å². The molecule has 4 heteroatoms. The third-order valence-electron chi connectivity index (χ3n) is 3.10. The van der Waals surface area contributed by atoms with Crippen molar-refractivity contribution in [2.45, 2.75) is 18.6 Å². The highest BCUT2D eigenvalue weighted by molar-refractivity contribution is 7.90. The van der Waals surface area contributed by atoms with Gasteiger partial charge < -0.3 is 0 Å². The molecule has 2 nitrogen and oxygen atoms in total. The quantitative estimate of drug-likeness (QED) is 0.818. The summed E-state index contributed by atoms with van der Waals surface area (Å²) in [6.45, 7) is 0. The maximum absolute atomic E-state index is 13.4. The highest BCUT2D eigenvalue weighted by atomic mass is 32.2. The molecule has 20 heavy (non-hydrogen) atoms. The molecule has 0 aromatic heterocycles. The second kappa shape index (κ2) is 6.66. The van der Waals surface area contributed by atoms with E-state index in [1.165, 1.54) is 12.1 Å². The van der Waals surface area contributed by atoms with E-state index in [4.69, 9.17) is 0 Å². The van der Waals surface area contributed by atoms with Crippen molar-refractivity contribution in [1.82, 2.24) is 0 Å². The zero-order valence-electron chi connectivity index (χ0n) is 11.1. The molecule has 0 atom stereocenters. The third-order valence-corrected chi connectivity index (χ3v) is 4.76. The molecule has 0 aliphatic carbocycles. The van der Waals surface area contributed by atoms with Crippen LogP contribution in [-0.4, -0.2) is 14.2 Å². The first-order chi connectivity index (χ1) is 9.57. The normalized spacial score (nSPS) is 11.4. The van der Waals surface area contributed by atoms with Gasteiger partial charge in [-0.25, -0.2) is 12.8 Å². The first-order valence-corrected chi connectivity index (χ1v) is 8.37. The Bertz CT molecular complexity index is 651. The molecule has 0 saturated heterocycles. The fourth-order valence-electron chi connectivity index (χ4n) is 2.07. The van der Waals surface area contributed by atoms with Crippen LogP contribution in [0, 0.1) is 5.82 Å². The molecule has 0 spiro atoms. The van der Waals surface area contributed by atoms with E-state index in [-0.39, 0.29) is 17.1 Å². The second-order valence-corrected chi connectivity index (χ2v) is 6.96. The summed E-state index contributed by atoms with van der Waals surface area (Å²) >= 11 is 0. The summed E-state index contributed by atoms with van der Waals surface area (Å²) in [5.41, 5.74) is 1.36. The number of hydrogen-bond donors (Lipinski definition) is 0. The molecular formula is C16H17FO2S. The van der Waals surface area contributed by atoms with Crippen LogP contribution in [0.15, 0.2) is 54.6 Å². The van der Waals surface area contributed by atoms with E-state index >= 15 is 0 Å². The van der Waals surface area contributed by atoms with Crippen LogP contribution in [0.25, 0.3) is 0 Å². The molecule has 0 aliphatic rings. The van der Waals surface area contributed by atoms with Crippen LogP contribution < -0.4 is 0 Å². The molecule has 0 fully saturated rings. The Morgan fingerprint density at radius 3 is 2.25 bits per heavy atom. The Morgan fingerprint density at radius 2 is 1.55 bits per heavy atom. The Hall–Kier alpha value is -1.68. The van der Waals surface area contributed by atoms with Gasteiger partial charge in [0.2, 0.25) is 0 Å². The summed E-state index contributed by atoms with van der Waals surface area (Å²) in [7, 11) is -3.27. The van der Waals surface area contributed by atoms with Crippen LogP contribution in [0.4, 0.5) is 4.39 Å². The summed E-state index contributed by atoms with van der Waals surface area (Å²) in [6, 6.07) is 15.8. The highest BCUT2D eigenvalue weighted by Gasteiger charge is 2.14. The molecule has 0 aliphatic heterocycles. The van der Waals surface area contributed by atoms with Gasteiger partial charge in [0, 0.05) is 5.56 Å². The highest BCUT2D eigenvalue weighted by Crippen LogP contribution is 2.13. The van der Waals surface area contributed by atoms with Crippen molar-refractivity contribution >= 4 is 9.84 Å². The summed E-state index contributed by atoms with van der Waals surface area (Å²) in [4.78, 5) is 0. The van der Waals surface area contributed by atoms with Crippen LogP contribution in [0.1, 0.15) is 17.5 Å². The molecule has 2 aromatic carbocycles. The van der Waals surface area contributed by atoms with Crippen molar-refractivity contribution in [3.63, 3.8) is 0 Å². The number of benzene rings is 2. The molecule has 2 aromatic rings. The van der Waals surface area contributed by atoms with E-state index in [1.807, 2.05) is 30.3 Å².